The van der Waals surface area contributed by atoms with Crippen molar-refractivity contribution in [1.29, 1.82) is 0 Å². The number of pyridine rings is 1. The van der Waals surface area contributed by atoms with Crippen molar-refractivity contribution in [2.45, 2.75) is 19.2 Å². The molecule has 1 amide bonds. The molecule has 7 nitrogen and oxygen atoms in total. The summed E-state index contributed by atoms with van der Waals surface area (Å²) in [6.45, 7) is 7.00. The first-order valence-electron chi connectivity index (χ1n) is 11.1. The van der Waals surface area contributed by atoms with Crippen molar-refractivity contribution < 1.29 is 9.53 Å². The second-order valence-electron chi connectivity index (χ2n) is 8.40. The molecule has 0 spiro atoms. The highest BCUT2D eigenvalue weighted by atomic mass is 79.9. The molecule has 2 saturated heterocycles. The number of hydrogen-bond donors (Lipinski definition) is 0. The third-order valence-corrected chi connectivity index (χ3v) is 7.36. The van der Waals surface area contributed by atoms with Crippen molar-refractivity contribution in [3.8, 4) is 5.75 Å². The fourth-order valence-corrected chi connectivity index (χ4v) is 5.28. The maximum atomic E-state index is 12.5. The molecule has 0 radical (unpaired) electrons. The van der Waals surface area contributed by atoms with Gasteiger partial charge in [-0.15, -0.1) is 11.3 Å². The Bertz CT molecular complexity index is 1060. The number of carbonyl (C=O) groups is 1. The molecule has 2 aliphatic rings. The minimum Gasteiger partial charge on any atom is -0.487 e. The van der Waals surface area contributed by atoms with Gasteiger partial charge in [-0.2, -0.15) is 0 Å². The van der Waals surface area contributed by atoms with Gasteiger partial charge in [-0.05, 0) is 45.8 Å². The highest BCUT2D eigenvalue weighted by Gasteiger charge is 2.34. The highest BCUT2D eigenvalue weighted by molar-refractivity contribution is 9.10. The van der Waals surface area contributed by atoms with Crippen molar-refractivity contribution in [2.24, 2.45) is 0 Å². The summed E-state index contributed by atoms with van der Waals surface area (Å²) in [7, 11) is 0. The number of hydrogen-bond acceptors (Lipinski definition) is 7. The van der Waals surface area contributed by atoms with Gasteiger partial charge in [0.05, 0.1) is 5.69 Å². The number of nitrogens with zero attached hydrogens (tertiary/aromatic N) is 5. The number of ether oxygens (including phenoxy) is 1. The number of thiazole rings is 1. The Kier molecular flexibility index (Phi) is 7.01. The van der Waals surface area contributed by atoms with Gasteiger partial charge in [0, 0.05) is 63.4 Å². The Morgan fingerprint density at radius 2 is 1.88 bits per heavy atom. The van der Waals surface area contributed by atoms with E-state index in [2.05, 4.69) is 47.8 Å². The molecular formula is C24H26BrN5O2S. The van der Waals surface area contributed by atoms with Gasteiger partial charge in [-0.25, -0.2) is 9.97 Å². The molecule has 5 rings (SSSR count). The molecule has 172 valence electrons. The quantitative estimate of drug-likeness (QED) is 0.438. The molecule has 0 bridgehead atoms. The summed E-state index contributed by atoms with van der Waals surface area (Å²) in [5.74, 6) is 0.924. The van der Waals surface area contributed by atoms with Crippen molar-refractivity contribution in [1.82, 2.24) is 24.7 Å². The zero-order valence-corrected chi connectivity index (χ0v) is 20.7. The summed E-state index contributed by atoms with van der Waals surface area (Å²) in [4.78, 5) is 27.9. The van der Waals surface area contributed by atoms with Crippen LogP contribution in [0.5, 0.6) is 5.75 Å². The van der Waals surface area contributed by atoms with E-state index in [-0.39, 0.29) is 5.91 Å². The number of piperazine rings is 1. The summed E-state index contributed by atoms with van der Waals surface area (Å²) in [6.07, 6.45) is 1.69. The van der Waals surface area contributed by atoms with Crippen LogP contribution < -0.4 is 4.74 Å². The van der Waals surface area contributed by atoms with E-state index in [1.165, 1.54) is 16.9 Å². The number of carbonyl (C=O) groups excluding carboxylic acids is 1. The first-order valence-corrected chi connectivity index (χ1v) is 12.8. The van der Waals surface area contributed by atoms with E-state index in [4.69, 9.17) is 4.74 Å². The molecule has 3 aromatic rings. The fraction of sp³-hybridized carbons (Fsp3) is 0.375. The van der Waals surface area contributed by atoms with Gasteiger partial charge in [0.25, 0.3) is 5.91 Å². The lowest BCUT2D eigenvalue weighted by atomic mass is 10.0. The molecule has 0 N–H and O–H groups in total. The molecule has 0 aliphatic carbocycles. The number of halogens is 1. The molecule has 2 aromatic heterocycles. The highest BCUT2D eigenvalue weighted by Crippen LogP contribution is 2.22. The lowest BCUT2D eigenvalue weighted by Gasteiger charge is -2.48. The van der Waals surface area contributed by atoms with Gasteiger partial charge in [-0.3, -0.25) is 14.6 Å². The van der Waals surface area contributed by atoms with E-state index in [1.54, 1.807) is 6.20 Å². The maximum absolute atomic E-state index is 12.5. The van der Waals surface area contributed by atoms with Crippen LogP contribution in [0, 0.1) is 0 Å². The Morgan fingerprint density at radius 3 is 2.58 bits per heavy atom. The van der Waals surface area contributed by atoms with Crippen LogP contribution in [0.1, 0.15) is 21.1 Å². The fourth-order valence-electron chi connectivity index (χ4n) is 4.29. The van der Waals surface area contributed by atoms with E-state index in [1.807, 2.05) is 40.6 Å². The largest absolute Gasteiger partial charge is 0.487 e. The smallest absolute Gasteiger partial charge is 0.282 e. The van der Waals surface area contributed by atoms with Crippen LogP contribution in [-0.4, -0.2) is 75.9 Å². The predicted molar refractivity (Wildman–Crippen MR) is 131 cm³/mol. The number of aromatic nitrogens is 2. The topological polar surface area (TPSA) is 61.8 Å². The first kappa shape index (κ1) is 22.5. The Morgan fingerprint density at radius 1 is 1.09 bits per heavy atom. The molecule has 2 fully saturated rings. The van der Waals surface area contributed by atoms with Crippen molar-refractivity contribution in [3.63, 3.8) is 0 Å². The molecule has 2 aliphatic heterocycles. The first-order chi connectivity index (χ1) is 16.1. The van der Waals surface area contributed by atoms with Crippen LogP contribution in [0.3, 0.4) is 0 Å². The molecular weight excluding hydrogens is 502 g/mol. The monoisotopic (exact) mass is 527 g/mol. The van der Waals surface area contributed by atoms with Crippen LogP contribution in [-0.2, 0) is 13.2 Å². The Hall–Kier alpha value is -2.33. The summed E-state index contributed by atoms with van der Waals surface area (Å²) < 4.78 is 6.68. The van der Waals surface area contributed by atoms with E-state index >= 15 is 0 Å². The predicted octanol–water partition coefficient (Wildman–Crippen LogP) is 3.52. The normalized spacial score (nSPS) is 17.7. The van der Waals surface area contributed by atoms with E-state index in [0.29, 0.717) is 17.7 Å². The third-order valence-electron chi connectivity index (χ3n) is 6.16. The summed E-state index contributed by atoms with van der Waals surface area (Å²) in [5, 5.41) is 2.45. The minimum atomic E-state index is 0.0696. The Labute approximate surface area is 206 Å². The van der Waals surface area contributed by atoms with E-state index in [0.717, 1.165) is 61.9 Å². The van der Waals surface area contributed by atoms with Crippen molar-refractivity contribution >= 4 is 33.2 Å². The average Bonchev–Trinajstić information content (AvgIpc) is 3.35. The Balaban J connectivity index is 1.03. The average molecular weight is 528 g/mol. The van der Waals surface area contributed by atoms with E-state index in [9.17, 15) is 4.79 Å². The van der Waals surface area contributed by atoms with Crippen molar-refractivity contribution in [2.75, 3.05) is 39.3 Å². The number of benzene rings is 1. The summed E-state index contributed by atoms with van der Waals surface area (Å²) in [5.41, 5.74) is 2.19. The van der Waals surface area contributed by atoms with Gasteiger partial charge in [0.15, 0.2) is 5.01 Å². The zero-order valence-electron chi connectivity index (χ0n) is 18.3. The van der Waals surface area contributed by atoms with E-state index < -0.39 is 0 Å². The molecule has 33 heavy (non-hydrogen) atoms. The van der Waals surface area contributed by atoms with Gasteiger partial charge in [0.2, 0.25) is 0 Å². The molecule has 9 heteroatoms. The summed E-state index contributed by atoms with van der Waals surface area (Å²) >= 11 is 4.80. The van der Waals surface area contributed by atoms with Gasteiger partial charge in [0.1, 0.15) is 17.0 Å². The molecule has 1 aromatic carbocycles. The molecule has 4 heterocycles. The number of amides is 1. The molecule has 0 saturated carbocycles. The summed E-state index contributed by atoms with van der Waals surface area (Å²) in [6, 6.07) is 14.7. The SMILES string of the molecule is O=C(c1nccs1)N1CCN(C2CN(Cc3ccc(OCc4cccc(Br)n4)cc3)C2)CC1. The van der Waals surface area contributed by atoms with Crippen LogP contribution >= 0.6 is 27.3 Å². The van der Waals surface area contributed by atoms with Crippen LogP contribution in [0.15, 0.2) is 58.6 Å². The second kappa shape index (κ2) is 10.3. The lowest BCUT2D eigenvalue weighted by molar-refractivity contribution is 0.00257. The maximum Gasteiger partial charge on any atom is 0.282 e. The van der Waals surface area contributed by atoms with Crippen LogP contribution in [0.2, 0.25) is 0 Å². The lowest BCUT2D eigenvalue weighted by Crippen LogP contribution is -2.63. The molecule has 0 unspecified atom stereocenters. The van der Waals surface area contributed by atoms with Gasteiger partial charge < -0.3 is 9.64 Å². The standard InChI is InChI=1S/C24H26BrN5O2S/c25-22-3-1-2-19(27-22)17-32-21-6-4-18(5-7-21)14-28-15-20(16-28)29-9-11-30(12-10-29)24(31)23-26-8-13-33-23/h1-8,13,20H,9-12,14-17H2. The van der Waals surface area contributed by atoms with Gasteiger partial charge >= 0.3 is 0 Å². The number of likely N-dealkylation sites (tertiary alicyclic amines) is 1. The molecule has 0 atom stereocenters. The minimum absolute atomic E-state index is 0.0696. The van der Waals surface area contributed by atoms with Gasteiger partial charge in [-0.1, -0.05) is 18.2 Å². The van der Waals surface area contributed by atoms with Crippen molar-refractivity contribution in [3.05, 3.63) is 74.9 Å². The number of rotatable bonds is 7. The zero-order chi connectivity index (χ0) is 22.6. The van der Waals surface area contributed by atoms with Crippen LogP contribution in [0.4, 0.5) is 0 Å². The third kappa shape index (κ3) is 5.60. The second-order valence-corrected chi connectivity index (χ2v) is 10.1. The van der Waals surface area contributed by atoms with Crippen LogP contribution in [0.25, 0.3) is 0 Å².